The first-order valence-corrected chi connectivity index (χ1v) is 24.6. The lowest BCUT2D eigenvalue weighted by molar-refractivity contribution is 0.0487. The van der Waals surface area contributed by atoms with Crippen molar-refractivity contribution in [2.45, 2.75) is 194 Å². The summed E-state index contributed by atoms with van der Waals surface area (Å²) in [5.41, 5.74) is 0.196. The van der Waals surface area contributed by atoms with Crippen LogP contribution in [-0.4, -0.2) is 58.5 Å². The highest BCUT2D eigenvalue weighted by molar-refractivity contribution is 5.94. The molecule has 2 aromatic rings. The maximum Gasteiger partial charge on any atom is 0.251 e. The summed E-state index contributed by atoms with van der Waals surface area (Å²) in [5.74, 6) is -1.19. The number of hydrogen-bond donors (Lipinski definition) is 6. The van der Waals surface area contributed by atoms with Gasteiger partial charge in [-0.15, -0.1) is 0 Å². The molecule has 0 aliphatic carbocycles. The van der Waals surface area contributed by atoms with Gasteiger partial charge in [-0.1, -0.05) is 205 Å². The van der Waals surface area contributed by atoms with Crippen LogP contribution in [0.15, 0.2) is 60.0 Å². The van der Waals surface area contributed by atoms with Gasteiger partial charge in [-0.2, -0.15) is 0 Å². The minimum absolute atomic E-state index is 0.163. The highest BCUT2D eigenvalue weighted by Crippen LogP contribution is 2.34. The highest BCUT2D eigenvalue weighted by atomic mass is 16.3. The normalized spacial score (nSPS) is 12.2. The number of aliphatic hydroxyl groups excluding tert-OH is 4. The van der Waals surface area contributed by atoms with Crippen molar-refractivity contribution in [2.24, 2.45) is 5.41 Å². The Balaban J connectivity index is 1.71. The number of carbonyl (C=O) groups excluding carboxylic acids is 2. The first-order valence-electron chi connectivity index (χ1n) is 24.6. The Hall–Kier alpha value is -3.62. The van der Waals surface area contributed by atoms with E-state index in [9.17, 15) is 30.0 Å². The lowest BCUT2D eigenvalue weighted by atomic mass is 9.83. The van der Waals surface area contributed by atoms with Crippen LogP contribution in [0.2, 0.25) is 0 Å². The first-order chi connectivity index (χ1) is 29.8. The van der Waals surface area contributed by atoms with E-state index in [0.717, 1.165) is 25.7 Å². The standard InChI is InChI=1S/C53H86N2O6/c1-3-5-7-9-11-13-15-17-19-21-23-25-27-29-39-54-51(60)47-35-31-45(32-36-47)41-49(58)53(43-56,44-57)50(59)42-46-33-37-48(38-34-46)52(61)55-40-30-28-26-24-22-20-18-16-14-12-10-8-6-4-2/h31-38,41-42,56-59H,3-30,39-40,43-44H2,1-2H3,(H,54,60)(H,55,61). The van der Waals surface area contributed by atoms with Crippen LogP contribution in [0.25, 0.3) is 12.2 Å². The minimum atomic E-state index is -1.85. The fraction of sp³-hybridized carbons (Fsp3) is 0.660. The zero-order chi connectivity index (χ0) is 44.2. The maximum atomic E-state index is 12.7. The van der Waals surface area contributed by atoms with Crippen molar-refractivity contribution >= 4 is 24.0 Å². The van der Waals surface area contributed by atoms with Crippen molar-refractivity contribution in [3.05, 3.63) is 82.3 Å². The predicted molar refractivity (Wildman–Crippen MR) is 256 cm³/mol. The van der Waals surface area contributed by atoms with Crippen molar-refractivity contribution in [2.75, 3.05) is 26.3 Å². The first kappa shape index (κ1) is 53.5. The number of aliphatic hydroxyl groups is 4. The molecule has 0 fully saturated rings. The molecule has 0 saturated heterocycles. The average molecular weight is 847 g/mol. The Morgan fingerprint density at radius 3 is 0.918 bits per heavy atom. The lowest BCUT2D eigenvalue weighted by Gasteiger charge is -2.28. The number of rotatable bonds is 38. The topological polar surface area (TPSA) is 139 Å². The molecule has 0 aliphatic rings. The van der Waals surface area contributed by atoms with E-state index >= 15 is 0 Å². The second-order valence-electron chi connectivity index (χ2n) is 17.4. The summed E-state index contributed by atoms with van der Waals surface area (Å²) in [7, 11) is 0. The minimum Gasteiger partial charge on any atom is -0.511 e. The molecule has 8 nitrogen and oxygen atoms in total. The van der Waals surface area contributed by atoms with Gasteiger partial charge in [-0.3, -0.25) is 9.59 Å². The molecule has 344 valence electrons. The van der Waals surface area contributed by atoms with E-state index in [1.165, 1.54) is 166 Å². The molecular weight excluding hydrogens is 761 g/mol. The van der Waals surface area contributed by atoms with E-state index in [2.05, 4.69) is 24.5 Å². The van der Waals surface area contributed by atoms with Crippen molar-refractivity contribution in [1.29, 1.82) is 0 Å². The van der Waals surface area contributed by atoms with Crippen LogP contribution in [0.4, 0.5) is 0 Å². The van der Waals surface area contributed by atoms with Crippen LogP contribution in [0.5, 0.6) is 0 Å². The van der Waals surface area contributed by atoms with Crippen molar-refractivity contribution in [1.82, 2.24) is 10.6 Å². The van der Waals surface area contributed by atoms with Crippen LogP contribution in [-0.2, 0) is 0 Å². The molecule has 0 spiro atoms. The molecule has 2 amide bonds. The van der Waals surface area contributed by atoms with Crippen LogP contribution in [0.3, 0.4) is 0 Å². The van der Waals surface area contributed by atoms with Crippen molar-refractivity contribution in [3.8, 4) is 0 Å². The number of unbranched alkanes of at least 4 members (excludes halogenated alkanes) is 26. The summed E-state index contributed by atoms with van der Waals surface area (Å²) in [4.78, 5) is 25.5. The molecule has 0 aliphatic heterocycles. The summed E-state index contributed by atoms with van der Waals surface area (Å²) < 4.78 is 0. The molecule has 0 saturated carbocycles. The highest BCUT2D eigenvalue weighted by Gasteiger charge is 2.38. The summed E-state index contributed by atoms with van der Waals surface area (Å²) in [5, 5.41) is 48.8. The molecule has 0 radical (unpaired) electrons. The number of hydrogen-bond acceptors (Lipinski definition) is 6. The number of nitrogens with one attached hydrogen (secondary N) is 2. The summed E-state index contributed by atoms with van der Waals surface area (Å²) >= 11 is 0. The molecule has 2 rings (SSSR count). The smallest absolute Gasteiger partial charge is 0.251 e. The zero-order valence-electron chi connectivity index (χ0n) is 38.5. The Labute approximate surface area is 371 Å². The predicted octanol–water partition coefficient (Wildman–Crippen LogP) is 13.6. The van der Waals surface area contributed by atoms with E-state index in [-0.39, 0.29) is 11.8 Å². The van der Waals surface area contributed by atoms with Gasteiger partial charge in [-0.05, 0) is 60.4 Å². The molecule has 61 heavy (non-hydrogen) atoms. The van der Waals surface area contributed by atoms with Gasteiger partial charge in [0.2, 0.25) is 0 Å². The maximum absolute atomic E-state index is 12.7. The van der Waals surface area contributed by atoms with E-state index in [1.807, 2.05) is 0 Å². The van der Waals surface area contributed by atoms with Gasteiger partial charge in [0.25, 0.3) is 11.8 Å². The third-order valence-corrected chi connectivity index (χ3v) is 12.1. The third kappa shape index (κ3) is 23.4. The van der Waals surface area contributed by atoms with Gasteiger partial charge in [0, 0.05) is 24.2 Å². The van der Waals surface area contributed by atoms with E-state index in [0.29, 0.717) is 35.3 Å². The van der Waals surface area contributed by atoms with Crippen molar-refractivity contribution in [3.63, 3.8) is 0 Å². The molecular formula is C53H86N2O6. The third-order valence-electron chi connectivity index (χ3n) is 12.1. The van der Waals surface area contributed by atoms with Gasteiger partial charge in [0.15, 0.2) is 0 Å². The van der Waals surface area contributed by atoms with E-state index in [4.69, 9.17) is 0 Å². The zero-order valence-corrected chi connectivity index (χ0v) is 38.5. The Morgan fingerprint density at radius 2 is 0.672 bits per heavy atom. The number of carbonyl (C=O) groups is 2. The van der Waals surface area contributed by atoms with E-state index < -0.39 is 30.1 Å². The Bertz CT molecular complexity index is 1360. The van der Waals surface area contributed by atoms with Crippen molar-refractivity contribution < 1.29 is 30.0 Å². The van der Waals surface area contributed by atoms with Gasteiger partial charge >= 0.3 is 0 Å². The molecule has 8 heteroatoms. The summed E-state index contributed by atoms with van der Waals surface area (Å²) in [6.45, 7) is 4.25. The molecule has 0 atom stereocenters. The van der Waals surface area contributed by atoms with Gasteiger partial charge in [-0.25, -0.2) is 0 Å². The second kappa shape index (κ2) is 34.9. The Morgan fingerprint density at radius 1 is 0.426 bits per heavy atom. The molecule has 2 aromatic carbocycles. The van der Waals surface area contributed by atoms with Gasteiger partial charge in [0.05, 0.1) is 13.2 Å². The molecule has 0 aromatic heterocycles. The van der Waals surface area contributed by atoms with Crippen LogP contribution >= 0.6 is 0 Å². The number of amides is 2. The lowest BCUT2D eigenvalue weighted by Crippen LogP contribution is -2.34. The SMILES string of the molecule is CCCCCCCCCCCCCCCCNC(=O)c1ccc(C=C(O)C(CO)(CO)C(O)=Cc2ccc(C(=O)NCCCCCCCCCCCCCCCC)cc2)cc1. The van der Waals surface area contributed by atoms with Gasteiger partial charge in [0.1, 0.15) is 16.9 Å². The average Bonchev–Trinajstić information content (AvgIpc) is 3.27. The molecule has 6 N–H and O–H groups in total. The molecule has 0 bridgehead atoms. The number of benzene rings is 2. The summed E-state index contributed by atoms with van der Waals surface area (Å²) in [6.07, 6.45) is 38.8. The van der Waals surface area contributed by atoms with Crippen LogP contribution in [0, 0.1) is 5.41 Å². The largest absolute Gasteiger partial charge is 0.511 e. The monoisotopic (exact) mass is 847 g/mol. The van der Waals surface area contributed by atoms with Gasteiger partial charge < -0.3 is 31.1 Å². The summed E-state index contributed by atoms with van der Waals surface area (Å²) in [6, 6.07) is 13.3. The van der Waals surface area contributed by atoms with E-state index in [1.54, 1.807) is 48.5 Å². The fourth-order valence-corrected chi connectivity index (χ4v) is 7.81. The quantitative estimate of drug-likeness (QED) is 0.0294. The van der Waals surface area contributed by atoms with Crippen LogP contribution < -0.4 is 10.6 Å². The fourth-order valence-electron chi connectivity index (χ4n) is 7.81. The molecule has 0 heterocycles. The van der Waals surface area contributed by atoms with Crippen LogP contribution in [0.1, 0.15) is 225 Å². The Kier molecular flexibility index (Phi) is 30.6. The second-order valence-corrected chi connectivity index (χ2v) is 17.4. The molecule has 0 unspecified atom stereocenters.